The molecule has 4 nitrogen and oxygen atoms in total. The van der Waals surface area contributed by atoms with Gasteiger partial charge >= 0.3 is 5.51 Å². The Morgan fingerprint density at radius 1 is 1.23 bits per heavy atom. The summed E-state index contributed by atoms with van der Waals surface area (Å²) in [4.78, 5) is 21.2. The minimum absolute atomic E-state index is 0.0259. The van der Waals surface area contributed by atoms with E-state index >= 15 is 0 Å². The quantitative estimate of drug-likeness (QED) is 0.507. The second-order valence-corrected chi connectivity index (χ2v) is 2.69. The Morgan fingerprint density at radius 2 is 1.69 bits per heavy atom. The smallest absolute Gasteiger partial charge is 0.267 e. The van der Waals surface area contributed by atoms with E-state index in [0.29, 0.717) is 0 Å². The summed E-state index contributed by atoms with van der Waals surface area (Å²) in [5.41, 5.74) is -4.65. The van der Waals surface area contributed by atoms with Gasteiger partial charge in [-0.05, 0) is 0 Å². The Hall–Kier alpha value is -1.02. The van der Waals surface area contributed by atoms with Crippen LogP contribution in [0.3, 0.4) is 0 Å². The summed E-state index contributed by atoms with van der Waals surface area (Å²) in [7, 11) is 0. The van der Waals surface area contributed by atoms with Gasteiger partial charge in [-0.2, -0.15) is 17.5 Å². The largest absolute Gasteiger partial charge is 0.470 e. The number of hydrogen-bond acceptors (Lipinski definition) is 4. The molecule has 0 saturated carbocycles. The van der Waals surface area contributed by atoms with Crippen LogP contribution in [0.2, 0.25) is 0 Å². The minimum atomic E-state index is -4.65. The zero-order valence-corrected chi connectivity index (χ0v) is 6.69. The van der Waals surface area contributed by atoms with Crippen LogP contribution in [-0.4, -0.2) is 22.4 Å². The van der Waals surface area contributed by atoms with Crippen molar-refractivity contribution in [1.82, 2.24) is 5.06 Å². The van der Waals surface area contributed by atoms with Gasteiger partial charge in [0.25, 0.3) is 11.8 Å². The monoisotopic (exact) mass is 213 g/mol. The van der Waals surface area contributed by atoms with Crippen molar-refractivity contribution in [2.24, 2.45) is 0 Å². The summed E-state index contributed by atoms with van der Waals surface area (Å²) in [6, 6.07) is 0. The Balaban J connectivity index is 2.47. The second kappa shape index (κ2) is 3.38. The highest BCUT2D eigenvalue weighted by Gasteiger charge is 2.35. The Kier molecular flexibility index (Phi) is 2.62. The van der Waals surface area contributed by atoms with Crippen molar-refractivity contribution >= 4 is 23.9 Å². The van der Waals surface area contributed by atoms with Gasteiger partial charge in [0.1, 0.15) is 12.0 Å². The van der Waals surface area contributed by atoms with E-state index in [4.69, 9.17) is 0 Å². The molecule has 0 bridgehead atoms. The molecule has 0 saturated heterocycles. The van der Waals surface area contributed by atoms with E-state index in [1.807, 2.05) is 0 Å². The fourth-order valence-corrected chi connectivity index (χ4v) is 0.846. The summed E-state index contributed by atoms with van der Waals surface area (Å²) in [5.74, 6) is -1.86. The average Bonchev–Trinajstić information content (AvgIpc) is 2.27. The molecule has 0 atom stereocenters. The molecule has 0 unspecified atom stereocenters. The van der Waals surface area contributed by atoms with Crippen LogP contribution in [0.25, 0.3) is 0 Å². The Labute approximate surface area is 74.5 Å². The van der Waals surface area contributed by atoms with Gasteiger partial charge < -0.3 is 0 Å². The van der Waals surface area contributed by atoms with Gasteiger partial charge in [-0.1, -0.05) is 0 Å². The van der Waals surface area contributed by atoms with Crippen molar-refractivity contribution in [3.63, 3.8) is 0 Å². The molecule has 8 heteroatoms. The first-order chi connectivity index (χ1) is 5.90. The van der Waals surface area contributed by atoms with Crippen molar-refractivity contribution < 1.29 is 27.0 Å². The first kappa shape index (κ1) is 10.1. The topological polar surface area (TPSA) is 46.6 Å². The Bertz CT molecular complexity index is 257. The van der Waals surface area contributed by atoms with Crippen LogP contribution in [0.15, 0.2) is 12.2 Å². The molecule has 0 aliphatic carbocycles. The van der Waals surface area contributed by atoms with Crippen LogP contribution >= 0.6 is 12.0 Å². The lowest BCUT2D eigenvalue weighted by atomic mass is 10.6. The third-order valence-electron chi connectivity index (χ3n) is 0.975. The SMILES string of the molecule is O=C1C=CC(=O)N1OSC(F)(F)F. The fraction of sp³-hybridized carbons (Fsp3) is 0.200. The predicted molar refractivity (Wildman–Crippen MR) is 35.7 cm³/mol. The number of carbonyl (C=O) groups is 2. The van der Waals surface area contributed by atoms with Gasteiger partial charge in [-0.3, -0.25) is 9.59 Å². The van der Waals surface area contributed by atoms with E-state index in [9.17, 15) is 22.8 Å². The molecule has 0 aromatic carbocycles. The van der Waals surface area contributed by atoms with E-state index in [0.717, 1.165) is 12.2 Å². The molecule has 0 spiro atoms. The van der Waals surface area contributed by atoms with Crippen LogP contribution in [-0.2, 0) is 13.9 Å². The van der Waals surface area contributed by atoms with Crippen molar-refractivity contribution in [2.75, 3.05) is 0 Å². The third-order valence-corrected chi connectivity index (χ3v) is 1.39. The molecule has 0 fully saturated rings. The molecule has 1 rings (SSSR count). The second-order valence-electron chi connectivity index (χ2n) is 1.91. The van der Waals surface area contributed by atoms with E-state index in [1.54, 1.807) is 0 Å². The zero-order chi connectivity index (χ0) is 10.1. The molecular weight excluding hydrogens is 211 g/mol. The fourth-order valence-electron chi connectivity index (χ4n) is 0.540. The molecule has 1 heterocycles. The molecule has 1 aliphatic rings. The van der Waals surface area contributed by atoms with Gasteiger partial charge in [-0.25, -0.2) is 0 Å². The summed E-state index contributed by atoms with van der Waals surface area (Å²) in [6.07, 6.45) is 1.64. The van der Waals surface area contributed by atoms with Crippen LogP contribution in [0.1, 0.15) is 0 Å². The van der Waals surface area contributed by atoms with Gasteiger partial charge in [0, 0.05) is 12.2 Å². The highest BCUT2D eigenvalue weighted by atomic mass is 32.2. The summed E-state index contributed by atoms with van der Waals surface area (Å²) in [5, 5.41) is 0.0259. The van der Waals surface area contributed by atoms with Gasteiger partial charge in [0.2, 0.25) is 0 Å². The molecule has 0 aromatic rings. The molecular formula is C5H2F3NO3S. The van der Waals surface area contributed by atoms with Gasteiger partial charge in [-0.15, -0.1) is 5.06 Å². The number of nitrogens with zero attached hydrogens (tertiary/aromatic N) is 1. The lowest BCUT2D eigenvalue weighted by molar-refractivity contribution is -0.161. The first-order valence-corrected chi connectivity index (χ1v) is 3.63. The molecule has 72 valence electrons. The van der Waals surface area contributed by atoms with Crippen molar-refractivity contribution in [2.45, 2.75) is 5.51 Å². The van der Waals surface area contributed by atoms with Gasteiger partial charge in [0.05, 0.1) is 0 Å². The number of amides is 2. The first-order valence-electron chi connectivity index (χ1n) is 2.89. The van der Waals surface area contributed by atoms with E-state index in [-0.39, 0.29) is 5.06 Å². The molecule has 0 radical (unpaired) electrons. The lowest BCUT2D eigenvalue weighted by Gasteiger charge is -2.12. The van der Waals surface area contributed by atoms with Crippen LogP contribution in [0.4, 0.5) is 13.2 Å². The van der Waals surface area contributed by atoms with E-state index in [2.05, 4.69) is 4.28 Å². The highest BCUT2D eigenvalue weighted by Crippen LogP contribution is 2.32. The van der Waals surface area contributed by atoms with Crippen LogP contribution < -0.4 is 0 Å². The summed E-state index contributed by atoms with van der Waals surface area (Å²) >= 11 is -0.917. The molecule has 0 aromatic heterocycles. The zero-order valence-electron chi connectivity index (χ0n) is 5.87. The molecule has 2 amide bonds. The Morgan fingerprint density at radius 3 is 2.08 bits per heavy atom. The van der Waals surface area contributed by atoms with Gasteiger partial charge in [0.15, 0.2) is 0 Å². The number of hydroxylamine groups is 2. The van der Waals surface area contributed by atoms with Crippen molar-refractivity contribution in [1.29, 1.82) is 0 Å². The molecule has 1 aliphatic heterocycles. The lowest BCUT2D eigenvalue weighted by Crippen LogP contribution is -2.28. The normalized spacial score (nSPS) is 17.3. The predicted octanol–water partition coefficient (Wildman–Crippen LogP) is 1.01. The van der Waals surface area contributed by atoms with Crippen LogP contribution in [0.5, 0.6) is 0 Å². The maximum Gasteiger partial charge on any atom is 0.470 e. The van der Waals surface area contributed by atoms with Crippen molar-refractivity contribution in [3.8, 4) is 0 Å². The number of carbonyl (C=O) groups excluding carboxylic acids is 2. The molecule has 13 heavy (non-hydrogen) atoms. The van der Waals surface area contributed by atoms with Crippen molar-refractivity contribution in [3.05, 3.63) is 12.2 Å². The minimum Gasteiger partial charge on any atom is -0.267 e. The maximum atomic E-state index is 11.5. The summed E-state index contributed by atoms with van der Waals surface area (Å²) in [6.45, 7) is 0. The standard InChI is InChI=1S/C5H2F3NO3S/c6-5(7,8)13-12-9-3(10)1-2-4(9)11/h1-2H. The van der Waals surface area contributed by atoms with Crippen LogP contribution in [0, 0.1) is 0 Å². The molecule has 0 N–H and O–H groups in total. The average molecular weight is 213 g/mol. The maximum absolute atomic E-state index is 11.5. The van der Waals surface area contributed by atoms with E-state index < -0.39 is 29.4 Å². The number of alkyl halides is 3. The summed E-state index contributed by atoms with van der Waals surface area (Å²) < 4.78 is 38.4. The number of rotatable bonds is 2. The third kappa shape index (κ3) is 2.74. The number of imide groups is 1. The van der Waals surface area contributed by atoms with E-state index in [1.165, 1.54) is 0 Å². The number of hydrogen-bond donors (Lipinski definition) is 0. The highest BCUT2D eigenvalue weighted by molar-refractivity contribution is 7.95. The number of halogens is 3.